The third-order valence-corrected chi connectivity index (χ3v) is 4.06. The molecule has 0 bridgehead atoms. The van der Waals surface area contributed by atoms with E-state index >= 15 is 0 Å². The summed E-state index contributed by atoms with van der Waals surface area (Å²) < 4.78 is 6.01. The fourth-order valence-electron chi connectivity index (χ4n) is 2.60. The molecular formula is C18H13BrO3. The van der Waals surface area contributed by atoms with Gasteiger partial charge in [-0.05, 0) is 30.2 Å². The first kappa shape index (κ1) is 14.7. The fraction of sp³-hybridized carbons (Fsp3) is 0.111. The largest absolute Gasteiger partial charge is 0.462 e. The Labute approximate surface area is 136 Å². The number of carbonyl (C=O) groups is 2. The van der Waals surface area contributed by atoms with Crippen LogP contribution >= 0.6 is 15.9 Å². The second kappa shape index (κ2) is 5.89. The maximum atomic E-state index is 12.6. The van der Waals surface area contributed by atoms with Crippen molar-refractivity contribution < 1.29 is 14.3 Å². The normalized spacial score (nSPS) is 13.3. The van der Waals surface area contributed by atoms with Crippen LogP contribution in [0.2, 0.25) is 0 Å². The van der Waals surface area contributed by atoms with E-state index in [1.165, 1.54) is 0 Å². The first-order chi connectivity index (χ1) is 10.6. The minimum atomic E-state index is -0.568. The third-order valence-electron chi connectivity index (χ3n) is 3.53. The summed E-state index contributed by atoms with van der Waals surface area (Å²) in [6.45, 7) is 1.96. The van der Waals surface area contributed by atoms with E-state index in [2.05, 4.69) is 15.9 Å². The maximum absolute atomic E-state index is 12.6. The van der Waals surface area contributed by atoms with Gasteiger partial charge in [0.15, 0.2) is 0 Å². The Hall–Kier alpha value is -2.20. The highest BCUT2D eigenvalue weighted by molar-refractivity contribution is 9.10. The first-order valence-electron chi connectivity index (χ1n) is 6.95. The van der Waals surface area contributed by atoms with Crippen molar-refractivity contribution >= 4 is 33.3 Å². The van der Waals surface area contributed by atoms with Crippen LogP contribution in [0, 0.1) is 0 Å². The number of hydrogen-bond donors (Lipinski definition) is 0. The number of halogens is 1. The molecule has 2 aromatic carbocycles. The van der Waals surface area contributed by atoms with Gasteiger partial charge < -0.3 is 4.74 Å². The zero-order chi connectivity index (χ0) is 15.7. The Balaban J connectivity index is 2.23. The van der Waals surface area contributed by atoms with Crippen LogP contribution < -0.4 is 0 Å². The van der Waals surface area contributed by atoms with Crippen LogP contribution in [0.1, 0.15) is 28.4 Å². The molecule has 0 radical (unpaired) electrons. The molecule has 0 fully saturated rings. The van der Waals surface area contributed by atoms with Gasteiger partial charge in [0.1, 0.15) is 5.57 Å². The first-order valence-corrected chi connectivity index (χ1v) is 7.74. The topological polar surface area (TPSA) is 43.4 Å². The highest BCUT2D eigenvalue weighted by Gasteiger charge is 2.35. The average molecular weight is 357 g/mol. The number of carbonyl (C=O) groups excluding carboxylic acids is 2. The average Bonchev–Trinajstić information content (AvgIpc) is 2.82. The summed E-state index contributed by atoms with van der Waals surface area (Å²) in [5.41, 5.74) is 2.91. The van der Waals surface area contributed by atoms with E-state index in [9.17, 15) is 9.59 Å². The van der Waals surface area contributed by atoms with Crippen LogP contribution in [0.15, 0.2) is 58.6 Å². The van der Waals surface area contributed by atoms with Crippen molar-refractivity contribution in [3.8, 4) is 0 Å². The van der Waals surface area contributed by atoms with Gasteiger partial charge in [-0.1, -0.05) is 52.3 Å². The van der Waals surface area contributed by atoms with Crippen molar-refractivity contribution in [3.05, 3.63) is 75.3 Å². The highest BCUT2D eigenvalue weighted by atomic mass is 79.9. The molecule has 0 aliphatic heterocycles. The second-order valence-electron chi connectivity index (χ2n) is 4.85. The van der Waals surface area contributed by atoms with Crippen LogP contribution in [0.5, 0.6) is 0 Å². The number of ketones is 1. The molecule has 0 saturated heterocycles. The zero-order valence-electron chi connectivity index (χ0n) is 11.9. The Morgan fingerprint density at radius 1 is 1.05 bits per heavy atom. The molecule has 0 unspecified atom stereocenters. The molecule has 1 aliphatic carbocycles. The summed E-state index contributed by atoms with van der Waals surface area (Å²) in [5, 5.41) is 0. The lowest BCUT2D eigenvalue weighted by atomic mass is 9.97. The SMILES string of the molecule is CCOC(=O)C1=C(c2ccc(Br)cc2)c2ccccc2C1=O. The molecule has 0 aromatic heterocycles. The lowest BCUT2D eigenvalue weighted by molar-refractivity contribution is -0.137. The van der Waals surface area contributed by atoms with Gasteiger partial charge >= 0.3 is 5.97 Å². The molecule has 0 heterocycles. The summed E-state index contributed by atoms with van der Waals surface area (Å²) >= 11 is 3.39. The Morgan fingerprint density at radius 2 is 1.68 bits per heavy atom. The lowest BCUT2D eigenvalue weighted by Crippen LogP contribution is -2.14. The van der Waals surface area contributed by atoms with E-state index in [0.29, 0.717) is 11.1 Å². The van der Waals surface area contributed by atoms with Crippen molar-refractivity contribution in [3.63, 3.8) is 0 Å². The van der Waals surface area contributed by atoms with Gasteiger partial charge in [0, 0.05) is 15.6 Å². The quantitative estimate of drug-likeness (QED) is 0.616. The Kier molecular flexibility index (Phi) is 3.94. The summed E-state index contributed by atoms with van der Waals surface area (Å²) in [5.74, 6) is -0.839. The predicted octanol–water partition coefficient (Wildman–Crippen LogP) is 4.01. The Bertz CT molecular complexity index is 788. The molecule has 3 nitrogen and oxygen atoms in total. The highest BCUT2D eigenvalue weighted by Crippen LogP contribution is 2.38. The molecule has 22 heavy (non-hydrogen) atoms. The lowest BCUT2D eigenvalue weighted by Gasteiger charge is -2.08. The summed E-state index contributed by atoms with van der Waals surface area (Å²) in [6.07, 6.45) is 0. The number of benzene rings is 2. The van der Waals surface area contributed by atoms with Crippen LogP contribution in [-0.4, -0.2) is 18.4 Å². The molecule has 110 valence electrons. The standard InChI is InChI=1S/C18H13BrO3/c1-2-22-18(21)16-15(11-7-9-12(19)10-8-11)13-5-3-4-6-14(13)17(16)20/h3-10H,2H2,1H3. The summed E-state index contributed by atoms with van der Waals surface area (Å²) in [6, 6.07) is 14.8. The zero-order valence-corrected chi connectivity index (χ0v) is 13.5. The van der Waals surface area contributed by atoms with Gasteiger partial charge in [0.2, 0.25) is 5.78 Å². The number of ether oxygens (including phenoxy) is 1. The van der Waals surface area contributed by atoms with Crippen LogP contribution in [0.4, 0.5) is 0 Å². The van der Waals surface area contributed by atoms with Crippen molar-refractivity contribution in [2.24, 2.45) is 0 Å². The monoisotopic (exact) mass is 356 g/mol. The van der Waals surface area contributed by atoms with E-state index in [0.717, 1.165) is 15.6 Å². The molecule has 0 spiro atoms. The second-order valence-corrected chi connectivity index (χ2v) is 5.77. The number of Topliss-reactive ketones (excluding diaryl/α,β-unsaturated/α-hetero) is 1. The smallest absolute Gasteiger partial charge is 0.342 e. The molecule has 0 saturated carbocycles. The summed E-state index contributed by atoms with van der Waals surface area (Å²) in [4.78, 5) is 24.9. The number of esters is 1. The number of hydrogen-bond acceptors (Lipinski definition) is 3. The van der Waals surface area contributed by atoms with Crippen molar-refractivity contribution in [2.45, 2.75) is 6.92 Å². The molecule has 0 atom stereocenters. The minimum absolute atomic E-state index is 0.116. The third kappa shape index (κ3) is 2.40. The minimum Gasteiger partial charge on any atom is -0.462 e. The van der Waals surface area contributed by atoms with Gasteiger partial charge in [0.05, 0.1) is 6.61 Å². The molecule has 0 amide bonds. The van der Waals surface area contributed by atoms with Crippen molar-refractivity contribution in [2.75, 3.05) is 6.61 Å². The van der Waals surface area contributed by atoms with Crippen molar-refractivity contribution in [1.82, 2.24) is 0 Å². The molecule has 0 N–H and O–H groups in total. The van der Waals surface area contributed by atoms with E-state index in [-0.39, 0.29) is 18.0 Å². The molecule has 1 aliphatic rings. The summed E-state index contributed by atoms with van der Waals surface area (Å²) in [7, 11) is 0. The van der Waals surface area contributed by atoms with Crippen molar-refractivity contribution in [1.29, 1.82) is 0 Å². The van der Waals surface area contributed by atoms with Gasteiger partial charge in [-0.15, -0.1) is 0 Å². The van der Waals surface area contributed by atoms with Crippen LogP contribution in [0.3, 0.4) is 0 Å². The van der Waals surface area contributed by atoms with E-state index in [1.54, 1.807) is 19.1 Å². The van der Waals surface area contributed by atoms with E-state index in [4.69, 9.17) is 4.74 Å². The fourth-order valence-corrected chi connectivity index (χ4v) is 2.86. The van der Waals surface area contributed by atoms with E-state index in [1.807, 2.05) is 36.4 Å². The van der Waals surface area contributed by atoms with Gasteiger partial charge in [-0.2, -0.15) is 0 Å². The molecule has 4 heteroatoms. The van der Waals surface area contributed by atoms with Gasteiger partial charge in [0.25, 0.3) is 0 Å². The maximum Gasteiger partial charge on any atom is 0.342 e. The molecular weight excluding hydrogens is 344 g/mol. The number of fused-ring (bicyclic) bond motifs is 1. The molecule has 2 aromatic rings. The van der Waals surface area contributed by atoms with E-state index < -0.39 is 5.97 Å². The number of rotatable bonds is 3. The Morgan fingerprint density at radius 3 is 2.32 bits per heavy atom. The molecule has 3 rings (SSSR count). The van der Waals surface area contributed by atoms with Crippen LogP contribution in [-0.2, 0) is 9.53 Å². The predicted molar refractivity (Wildman–Crippen MR) is 87.6 cm³/mol. The van der Waals surface area contributed by atoms with Crippen LogP contribution in [0.25, 0.3) is 5.57 Å². The van der Waals surface area contributed by atoms with Gasteiger partial charge in [-0.3, -0.25) is 4.79 Å². The van der Waals surface area contributed by atoms with Gasteiger partial charge in [-0.25, -0.2) is 4.79 Å².